The SMILES string of the molecule is CCOC(=O)C1CCCN(C(=O)Cn2cc(S(=O)(=O)Cc3ccccc3C)c3ccccc32)C1. The van der Waals surface area contributed by atoms with Crippen LogP contribution in [0, 0.1) is 12.8 Å². The molecule has 8 heteroatoms. The summed E-state index contributed by atoms with van der Waals surface area (Å²) in [5, 5.41) is 0.604. The number of fused-ring (bicyclic) bond motifs is 1. The Morgan fingerprint density at radius 3 is 2.59 bits per heavy atom. The highest BCUT2D eigenvalue weighted by atomic mass is 32.2. The predicted octanol–water partition coefficient (Wildman–Crippen LogP) is 3.73. The first-order valence-electron chi connectivity index (χ1n) is 11.6. The van der Waals surface area contributed by atoms with Gasteiger partial charge in [-0.25, -0.2) is 8.42 Å². The molecule has 34 heavy (non-hydrogen) atoms. The van der Waals surface area contributed by atoms with Crippen LogP contribution in [0.1, 0.15) is 30.9 Å². The molecule has 1 saturated heterocycles. The van der Waals surface area contributed by atoms with Gasteiger partial charge in [-0.3, -0.25) is 9.59 Å². The number of hydrogen-bond donors (Lipinski definition) is 0. The van der Waals surface area contributed by atoms with Gasteiger partial charge in [0, 0.05) is 30.2 Å². The summed E-state index contributed by atoms with van der Waals surface area (Å²) in [4.78, 5) is 27.2. The molecule has 1 aliphatic rings. The zero-order valence-corrected chi connectivity index (χ0v) is 20.4. The average Bonchev–Trinajstić information content (AvgIpc) is 3.20. The van der Waals surface area contributed by atoms with Gasteiger partial charge in [-0.1, -0.05) is 42.5 Å². The number of para-hydroxylation sites is 1. The van der Waals surface area contributed by atoms with Crippen molar-refractivity contribution in [3.05, 3.63) is 65.9 Å². The molecule has 2 aromatic carbocycles. The van der Waals surface area contributed by atoms with Crippen molar-refractivity contribution < 1.29 is 22.7 Å². The normalized spacial score (nSPS) is 16.5. The van der Waals surface area contributed by atoms with Crippen LogP contribution in [0.15, 0.2) is 59.6 Å². The number of amides is 1. The van der Waals surface area contributed by atoms with E-state index in [4.69, 9.17) is 4.74 Å². The molecule has 0 bridgehead atoms. The molecule has 0 spiro atoms. The number of nitrogens with zero attached hydrogens (tertiary/aromatic N) is 2. The molecule has 1 amide bonds. The van der Waals surface area contributed by atoms with E-state index in [0.29, 0.717) is 37.0 Å². The summed E-state index contributed by atoms with van der Waals surface area (Å²) in [5.41, 5.74) is 2.37. The highest BCUT2D eigenvalue weighted by molar-refractivity contribution is 7.90. The molecule has 2 heterocycles. The van der Waals surface area contributed by atoms with Gasteiger partial charge in [0.15, 0.2) is 9.84 Å². The van der Waals surface area contributed by atoms with Crippen molar-refractivity contribution in [1.82, 2.24) is 9.47 Å². The number of rotatable bonds is 7. The molecule has 1 aliphatic heterocycles. The summed E-state index contributed by atoms with van der Waals surface area (Å²) >= 11 is 0. The third-order valence-corrected chi connectivity index (χ3v) is 8.08. The van der Waals surface area contributed by atoms with Crippen LogP contribution in [0.2, 0.25) is 0 Å². The van der Waals surface area contributed by atoms with E-state index in [0.717, 1.165) is 17.5 Å². The molecule has 0 N–H and O–H groups in total. The lowest BCUT2D eigenvalue weighted by molar-refractivity contribution is -0.151. The van der Waals surface area contributed by atoms with E-state index in [1.165, 1.54) is 0 Å². The Bertz CT molecular complexity index is 1310. The maximum Gasteiger partial charge on any atom is 0.310 e. The number of hydrogen-bond acceptors (Lipinski definition) is 5. The molecule has 1 atom stereocenters. The van der Waals surface area contributed by atoms with Gasteiger partial charge in [0.2, 0.25) is 5.91 Å². The Hall–Kier alpha value is -3.13. The highest BCUT2D eigenvalue weighted by Gasteiger charge is 2.30. The van der Waals surface area contributed by atoms with Crippen LogP contribution in [-0.4, -0.2) is 49.5 Å². The summed E-state index contributed by atoms with van der Waals surface area (Å²) in [7, 11) is -3.64. The quantitative estimate of drug-likeness (QED) is 0.479. The second-order valence-electron chi connectivity index (χ2n) is 8.75. The van der Waals surface area contributed by atoms with Crippen LogP contribution in [0.5, 0.6) is 0 Å². The number of sulfone groups is 1. The molecule has 3 aromatic rings. The summed E-state index contributed by atoms with van der Waals surface area (Å²) in [6.45, 7) is 4.90. The van der Waals surface area contributed by atoms with Crippen molar-refractivity contribution in [3.63, 3.8) is 0 Å². The monoisotopic (exact) mass is 482 g/mol. The van der Waals surface area contributed by atoms with Gasteiger partial charge in [0.1, 0.15) is 6.54 Å². The lowest BCUT2D eigenvalue weighted by Crippen LogP contribution is -2.44. The molecule has 1 unspecified atom stereocenters. The minimum absolute atomic E-state index is 0.00986. The topological polar surface area (TPSA) is 85.7 Å². The molecule has 0 saturated carbocycles. The average molecular weight is 483 g/mol. The maximum atomic E-state index is 13.4. The Kier molecular flexibility index (Phi) is 7.07. The van der Waals surface area contributed by atoms with Crippen molar-refractivity contribution >= 4 is 32.6 Å². The van der Waals surface area contributed by atoms with Crippen molar-refractivity contribution in [1.29, 1.82) is 0 Å². The molecule has 1 aromatic heterocycles. The Morgan fingerprint density at radius 2 is 1.82 bits per heavy atom. The van der Waals surface area contributed by atoms with Crippen molar-refractivity contribution in [2.45, 2.75) is 43.9 Å². The number of aromatic nitrogens is 1. The number of benzene rings is 2. The van der Waals surface area contributed by atoms with Crippen molar-refractivity contribution in [2.24, 2.45) is 5.92 Å². The van der Waals surface area contributed by atoms with Crippen LogP contribution >= 0.6 is 0 Å². The second-order valence-corrected chi connectivity index (χ2v) is 10.7. The number of esters is 1. The molecule has 0 radical (unpaired) electrons. The van der Waals surface area contributed by atoms with Gasteiger partial charge in [-0.2, -0.15) is 0 Å². The lowest BCUT2D eigenvalue weighted by atomic mass is 9.98. The second kappa shape index (κ2) is 10.0. The zero-order chi connectivity index (χ0) is 24.3. The van der Waals surface area contributed by atoms with Gasteiger partial charge in [-0.15, -0.1) is 0 Å². The smallest absolute Gasteiger partial charge is 0.310 e. The third-order valence-electron chi connectivity index (χ3n) is 6.39. The fraction of sp³-hybridized carbons (Fsp3) is 0.385. The molecular formula is C26H30N2O5S. The van der Waals surface area contributed by atoms with E-state index >= 15 is 0 Å². The summed E-state index contributed by atoms with van der Waals surface area (Å²) < 4.78 is 33.6. The Balaban J connectivity index is 1.59. The van der Waals surface area contributed by atoms with Gasteiger partial charge in [-0.05, 0) is 43.9 Å². The molecule has 180 valence electrons. The third kappa shape index (κ3) is 5.01. The minimum Gasteiger partial charge on any atom is -0.466 e. The number of likely N-dealkylation sites (tertiary alicyclic amines) is 1. The summed E-state index contributed by atoms with van der Waals surface area (Å²) in [5.74, 6) is -0.827. The summed E-state index contributed by atoms with van der Waals surface area (Å²) in [6, 6.07) is 14.7. The molecular weight excluding hydrogens is 452 g/mol. The number of carbonyl (C=O) groups excluding carboxylic acids is 2. The fourth-order valence-electron chi connectivity index (χ4n) is 4.55. The zero-order valence-electron chi connectivity index (χ0n) is 19.6. The minimum atomic E-state index is -3.64. The molecule has 1 fully saturated rings. The van der Waals surface area contributed by atoms with Crippen LogP contribution in [-0.2, 0) is 36.5 Å². The number of ether oxygens (including phenoxy) is 1. The first kappa shape index (κ1) is 24.0. The number of piperidine rings is 1. The molecule has 7 nitrogen and oxygen atoms in total. The van der Waals surface area contributed by atoms with E-state index in [2.05, 4.69) is 0 Å². The number of carbonyl (C=O) groups is 2. The Morgan fingerprint density at radius 1 is 1.09 bits per heavy atom. The van der Waals surface area contributed by atoms with E-state index in [1.807, 2.05) is 43.3 Å². The van der Waals surface area contributed by atoms with Crippen LogP contribution < -0.4 is 0 Å². The predicted molar refractivity (Wildman–Crippen MR) is 130 cm³/mol. The molecule has 0 aliphatic carbocycles. The van der Waals surface area contributed by atoms with Gasteiger partial charge >= 0.3 is 5.97 Å². The van der Waals surface area contributed by atoms with Crippen LogP contribution in [0.25, 0.3) is 10.9 Å². The van der Waals surface area contributed by atoms with Crippen LogP contribution in [0.4, 0.5) is 0 Å². The first-order valence-corrected chi connectivity index (χ1v) is 13.2. The van der Waals surface area contributed by atoms with Crippen LogP contribution in [0.3, 0.4) is 0 Å². The Labute approximate surface area is 200 Å². The van der Waals surface area contributed by atoms with E-state index in [9.17, 15) is 18.0 Å². The number of aryl methyl sites for hydroxylation is 1. The van der Waals surface area contributed by atoms with Crippen molar-refractivity contribution in [2.75, 3.05) is 19.7 Å². The first-order chi connectivity index (χ1) is 16.3. The van der Waals surface area contributed by atoms with Gasteiger partial charge in [0.25, 0.3) is 0 Å². The maximum absolute atomic E-state index is 13.4. The van der Waals surface area contributed by atoms with E-state index in [1.54, 1.807) is 34.7 Å². The van der Waals surface area contributed by atoms with Crippen molar-refractivity contribution in [3.8, 4) is 0 Å². The van der Waals surface area contributed by atoms with E-state index < -0.39 is 9.84 Å². The van der Waals surface area contributed by atoms with E-state index in [-0.39, 0.29) is 35.0 Å². The lowest BCUT2D eigenvalue weighted by Gasteiger charge is -2.31. The molecule has 4 rings (SSSR count). The van der Waals surface area contributed by atoms with Gasteiger partial charge in [0.05, 0.1) is 23.2 Å². The standard InChI is InChI=1S/C26H30N2O5S/c1-3-33-26(30)20-11-8-14-27(15-20)25(29)17-28-16-24(22-12-6-7-13-23(22)28)34(31,32)18-21-10-5-4-9-19(21)2/h4-7,9-10,12-13,16,20H,3,8,11,14-15,17-18H2,1-2H3. The largest absolute Gasteiger partial charge is 0.466 e. The highest BCUT2D eigenvalue weighted by Crippen LogP contribution is 2.29. The summed E-state index contributed by atoms with van der Waals surface area (Å²) in [6.07, 6.45) is 3.01. The fourth-order valence-corrected chi connectivity index (χ4v) is 6.23. The van der Waals surface area contributed by atoms with Gasteiger partial charge < -0.3 is 14.2 Å².